The number of methoxy groups -OCH3 is 1. The van der Waals surface area contributed by atoms with Crippen molar-refractivity contribution in [3.63, 3.8) is 0 Å². The number of halogens is 1. The largest absolute Gasteiger partial charge is 0.497 e. The minimum atomic E-state index is 0.688. The molecule has 0 atom stereocenters. The molecule has 0 radical (unpaired) electrons. The second-order valence-corrected chi connectivity index (χ2v) is 7.48. The van der Waals surface area contributed by atoms with Crippen LogP contribution in [0.4, 0.5) is 0 Å². The van der Waals surface area contributed by atoms with E-state index >= 15 is 0 Å². The second kappa shape index (κ2) is 20.5. The van der Waals surface area contributed by atoms with Gasteiger partial charge in [-0.3, -0.25) is 4.79 Å². The van der Waals surface area contributed by atoms with Gasteiger partial charge in [0.05, 0.1) is 7.11 Å². The highest BCUT2D eigenvalue weighted by molar-refractivity contribution is 14.1. The summed E-state index contributed by atoms with van der Waals surface area (Å²) in [5, 5.41) is 7.00. The van der Waals surface area contributed by atoms with E-state index in [0.29, 0.717) is 5.56 Å². The van der Waals surface area contributed by atoms with Crippen molar-refractivity contribution < 1.29 is 19.4 Å². The summed E-state index contributed by atoms with van der Waals surface area (Å²) in [6.07, 6.45) is 0.813. The van der Waals surface area contributed by atoms with Crippen LogP contribution in [0.1, 0.15) is 15.9 Å². The summed E-state index contributed by atoms with van der Waals surface area (Å²) >= 11 is 10.4. The standard InChI is InChI=1S/C7H7IO.C7H6OS.C7H8S.CH4O.CH2O/c1-9-7-4-2-6(8)3-5-7;8-5-6-1-3-7(9)4-2-6;1-6-2-4-7(8)5-3-6;2*1-2/h2-5H,1H3;1-5,9H;2-5,8H,1H3;2H,1H3;1H2. The van der Waals surface area contributed by atoms with E-state index in [1.54, 1.807) is 31.4 Å². The topological polar surface area (TPSA) is 63.6 Å². The average Bonchev–Trinajstić information content (AvgIpc) is 2.80. The van der Waals surface area contributed by atoms with Crippen LogP contribution in [-0.2, 0) is 4.79 Å². The third-order valence-corrected chi connectivity index (χ3v) is 4.43. The molecule has 0 aliphatic carbocycles. The molecule has 0 unspecified atom stereocenters. The molecule has 7 heteroatoms. The predicted octanol–water partition coefficient (Wildman–Crippen LogP) is 5.79. The molecule has 0 aliphatic heterocycles. The molecule has 0 aromatic heterocycles. The number of aliphatic hydroxyl groups is 1. The summed E-state index contributed by atoms with van der Waals surface area (Å²) in [4.78, 5) is 20.0. The highest BCUT2D eigenvalue weighted by Gasteiger charge is 1.87. The minimum Gasteiger partial charge on any atom is -0.497 e. The van der Waals surface area contributed by atoms with Gasteiger partial charge in [-0.1, -0.05) is 29.8 Å². The van der Waals surface area contributed by atoms with E-state index in [0.717, 1.165) is 28.9 Å². The zero-order valence-electron chi connectivity index (χ0n) is 17.2. The van der Waals surface area contributed by atoms with Gasteiger partial charge >= 0.3 is 0 Å². The summed E-state index contributed by atoms with van der Waals surface area (Å²) in [5.41, 5.74) is 1.97. The molecule has 4 nitrogen and oxygen atoms in total. The summed E-state index contributed by atoms with van der Waals surface area (Å²) < 4.78 is 6.20. The number of carbonyl (C=O) groups is 2. The Hall–Kier alpha value is -1.81. The van der Waals surface area contributed by atoms with Gasteiger partial charge in [0.1, 0.15) is 18.8 Å². The van der Waals surface area contributed by atoms with Gasteiger partial charge in [0.2, 0.25) is 0 Å². The zero-order valence-corrected chi connectivity index (χ0v) is 21.1. The van der Waals surface area contributed by atoms with E-state index in [2.05, 4.69) is 54.8 Å². The summed E-state index contributed by atoms with van der Waals surface area (Å²) in [6.45, 7) is 4.06. The minimum absolute atomic E-state index is 0.688. The van der Waals surface area contributed by atoms with Gasteiger partial charge in [-0.05, 0) is 78.0 Å². The molecule has 0 saturated heterocycles. The Kier molecular flexibility index (Phi) is 20.7. The molecule has 3 aromatic rings. The van der Waals surface area contributed by atoms with Crippen LogP contribution < -0.4 is 4.74 Å². The molecule has 0 bridgehead atoms. The van der Waals surface area contributed by atoms with Gasteiger partial charge in [-0.2, -0.15) is 0 Å². The number of aryl methyl sites for hydroxylation is 1. The SMILES string of the molecule is C=O.CO.COc1ccc(I)cc1.Cc1ccc(S)cc1.O=Cc1ccc(S)cc1. The smallest absolute Gasteiger partial charge is 0.150 e. The Morgan fingerprint density at radius 2 is 1.23 bits per heavy atom. The Morgan fingerprint density at radius 1 is 0.833 bits per heavy atom. The van der Waals surface area contributed by atoms with Crippen molar-refractivity contribution in [2.24, 2.45) is 0 Å². The number of thiol groups is 2. The van der Waals surface area contributed by atoms with Crippen LogP contribution in [0.5, 0.6) is 5.75 Å². The molecular formula is C23H27IO4S2. The van der Waals surface area contributed by atoms with Crippen LogP contribution in [0.15, 0.2) is 82.6 Å². The molecule has 0 aliphatic rings. The van der Waals surface area contributed by atoms with Crippen LogP contribution in [0.25, 0.3) is 0 Å². The molecule has 0 amide bonds. The van der Waals surface area contributed by atoms with Crippen molar-refractivity contribution in [1.82, 2.24) is 0 Å². The van der Waals surface area contributed by atoms with Gasteiger partial charge in [-0.15, -0.1) is 25.3 Å². The number of carbonyl (C=O) groups excluding carboxylic acids is 2. The lowest BCUT2D eigenvalue weighted by Crippen LogP contribution is -1.80. The Balaban J connectivity index is 0. The lowest BCUT2D eigenvalue weighted by atomic mass is 10.2. The normalized spacial score (nSPS) is 8.23. The van der Waals surface area contributed by atoms with Crippen molar-refractivity contribution in [2.75, 3.05) is 14.2 Å². The van der Waals surface area contributed by atoms with Gasteiger partial charge in [-0.25, -0.2) is 0 Å². The van der Waals surface area contributed by atoms with E-state index in [1.165, 1.54) is 9.13 Å². The first-order valence-electron chi connectivity index (χ1n) is 8.47. The Morgan fingerprint density at radius 3 is 1.57 bits per heavy atom. The average molecular weight is 559 g/mol. The highest BCUT2D eigenvalue weighted by atomic mass is 127. The van der Waals surface area contributed by atoms with Crippen molar-refractivity contribution >= 4 is 60.9 Å². The summed E-state index contributed by atoms with van der Waals surface area (Å²) in [6, 6.07) is 23.0. The Bertz CT molecular complexity index is 772. The van der Waals surface area contributed by atoms with Crippen LogP contribution >= 0.6 is 47.8 Å². The molecule has 0 heterocycles. The van der Waals surface area contributed by atoms with Crippen LogP contribution in [-0.4, -0.2) is 32.4 Å². The third kappa shape index (κ3) is 16.0. The summed E-state index contributed by atoms with van der Waals surface area (Å²) in [5.74, 6) is 0.912. The van der Waals surface area contributed by atoms with Crippen LogP contribution in [0.3, 0.4) is 0 Å². The molecule has 0 fully saturated rings. The fourth-order valence-electron chi connectivity index (χ4n) is 1.67. The summed E-state index contributed by atoms with van der Waals surface area (Å²) in [7, 11) is 2.67. The first kappa shape index (κ1) is 30.4. The number of aliphatic hydroxyl groups excluding tert-OH is 1. The van der Waals surface area contributed by atoms with Gasteiger partial charge in [0.25, 0.3) is 0 Å². The molecule has 162 valence electrons. The van der Waals surface area contributed by atoms with Crippen molar-refractivity contribution in [1.29, 1.82) is 0 Å². The highest BCUT2D eigenvalue weighted by Crippen LogP contribution is 2.12. The number of rotatable bonds is 2. The molecule has 3 rings (SSSR count). The van der Waals surface area contributed by atoms with E-state index in [1.807, 2.05) is 55.3 Å². The van der Waals surface area contributed by atoms with E-state index in [9.17, 15) is 4.79 Å². The fourth-order valence-corrected chi connectivity index (χ4v) is 2.33. The lowest BCUT2D eigenvalue weighted by Gasteiger charge is -1.96. The first-order valence-corrected chi connectivity index (χ1v) is 10.4. The van der Waals surface area contributed by atoms with E-state index in [4.69, 9.17) is 14.6 Å². The number of benzene rings is 3. The first-order chi connectivity index (χ1) is 14.4. The van der Waals surface area contributed by atoms with E-state index in [-0.39, 0.29) is 0 Å². The second-order valence-electron chi connectivity index (χ2n) is 5.20. The maximum absolute atomic E-state index is 10.1. The number of ether oxygens (including phenoxy) is 1. The van der Waals surface area contributed by atoms with Gasteiger partial charge < -0.3 is 14.6 Å². The Labute approximate surface area is 203 Å². The third-order valence-electron chi connectivity index (χ3n) is 3.11. The molecule has 1 N–H and O–H groups in total. The zero-order chi connectivity index (χ0) is 23.4. The maximum Gasteiger partial charge on any atom is 0.150 e. The molecule has 3 aromatic carbocycles. The van der Waals surface area contributed by atoms with E-state index < -0.39 is 0 Å². The molecule has 30 heavy (non-hydrogen) atoms. The van der Waals surface area contributed by atoms with Crippen molar-refractivity contribution in [3.05, 3.63) is 87.5 Å². The predicted molar refractivity (Wildman–Crippen MR) is 138 cm³/mol. The fraction of sp³-hybridized carbons (Fsp3) is 0.130. The lowest BCUT2D eigenvalue weighted by molar-refractivity contribution is -0.0980. The van der Waals surface area contributed by atoms with Crippen LogP contribution in [0.2, 0.25) is 0 Å². The number of hydrogen-bond acceptors (Lipinski definition) is 6. The molecular weight excluding hydrogens is 531 g/mol. The van der Waals surface area contributed by atoms with Crippen molar-refractivity contribution in [3.8, 4) is 5.75 Å². The quantitative estimate of drug-likeness (QED) is 0.212. The monoisotopic (exact) mass is 558 g/mol. The number of aldehydes is 1. The number of hydrogen-bond donors (Lipinski definition) is 3. The van der Waals surface area contributed by atoms with Gasteiger partial charge in [0.15, 0.2) is 0 Å². The van der Waals surface area contributed by atoms with Crippen LogP contribution in [0, 0.1) is 10.5 Å². The van der Waals surface area contributed by atoms with Crippen molar-refractivity contribution in [2.45, 2.75) is 16.7 Å². The molecule has 0 saturated carbocycles. The maximum atomic E-state index is 10.1. The molecule has 0 spiro atoms. The van der Waals surface area contributed by atoms with Gasteiger partial charge in [0, 0.05) is 26.0 Å².